The first-order valence-electron chi connectivity index (χ1n) is 4.86. The zero-order valence-corrected chi connectivity index (χ0v) is 8.22. The predicted molar refractivity (Wildman–Crippen MR) is 63.6 cm³/mol. The van der Waals surface area contributed by atoms with Crippen molar-refractivity contribution in [3.63, 3.8) is 0 Å². The third-order valence-electron chi connectivity index (χ3n) is 2.64. The molecule has 0 amide bonds. The fraction of sp³-hybridized carbons (Fsp3) is 0. The van der Waals surface area contributed by atoms with Crippen LogP contribution in [-0.4, -0.2) is 9.55 Å². The smallest absolute Gasteiger partial charge is 0.0999 e. The van der Waals surface area contributed by atoms with Crippen LogP contribution in [0.3, 0.4) is 0 Å². The molecule has 1 aromatic heterocycles. The standard InChI is InChI=1S/C13H10N2/c1-2-15-9-14-12-7-10-5-3-4-6-11(10)8-13(12)15/h2-9H,1H2. The van der Waals surface area contributed by atoms with E-state index in [1.165, 1.54) is 10.8 Å². The van der Waals surface area contributed by atoms with E-state index in [0.717, 1.165) is 11.0 Å². The molecule has 0 unspecified atom stereocenters. The number of rotatable bonds is 1. The first kappa shape index (κ1) is 8.24. The number of aromatic nitrogens is 2. The summed E-state index contributed by atoms with van der Waals surface area (Å²) in [6.07, 6.45) is 3.56. The molecule has 0 spiro atoms. The molecule has 1 heterocycles. The molecule has 0 aliphatic rings. The summed E-state index contributed by atoms with van der Waals surface area (Å²) in [5.74, 6) is 0. The van der Waals surface area contributed by atoms with E-state index < -0.39 is 0 Å². The third kappa shape index (κ3) is 1.15. The molecule has 0 N–H and O–H groups in total. The summed E-state index contributed by atoms with van der Waals surface area (Å²) in [5, 5.41) is 2.45. The third-order valence-corrected chi connectivity index (χ3v) is 2.64. The fourth-order valence-corrected chi connectivity index (χ4v) is 1.86. The molecule has 3 rings (SSSR count). The van der Waals surface area contributed by atoms with Gasteiger partial charge in [-0.25, -0.2) is 4.98 Å². The van der Waals surface area contributed by atoms with E-state index in [0.29, 0.717) is 0 Å². The molecule has 0 atom stereocenters. The minimum atomic E-state index is 1.01. The van der Waals surface area contributed by atoms with Crippen LogP contribution in [-0.2, 0) is 0 Å². The highest BCUT2D eigenvalue weighted by Gasteiger charge is 2.01. The van der Waals surface area contributed by atoms with E-state index in [4.69, 9.17) is 0 Å². The molecule has 0 aliphatic heterocycles. The summed E-state index contributed by atoms with van der Waals surface area (Å²) in [4.78, 5) is 4.33. The van der Waals surface area contributed by atoms with Gasteiger partial charge < -0.3 is 4.57 Å². The number of hydrogen-bond acceptors (Lipinski definition) is 1. The van der Waals surface area contributed by atoms with E-state index in [-0.39, 0.29) is 0 Å². The Kier molecular flexibility index (Phi) is 1.62. The molecule has 0 fully saturated rings. The van der Waals surface area contributed by atoms with Crippen LogP contribution >= 0.6 is 0 Å². The second-order valence-electron chi connectivity index (χ2n) is 3.52. The lowest BCUT2D eigenvalue weighted by atomic mass is 10.1. The van der Waals surface area contributed by atoms with Crippen LogP contribution in [0.4, 0.5) is 0 Å². The first-order valence-corrected chi connectivity index (χ1v) is 4.86. The highest BCUT2D eigenvalue weighted by Crippen LogP contribution is 2.21. The van der Waals surface area contributed by atoms with Crippen LogP contribution in [0.2, 0.25) is 0 Å². The molecular weight excluding hydrogens is 184 g/mol. The Morgan fingerprint density at radius 3 is 2.60 bits per heavy atom. The van der Waals surface area contributed by atoms with Gasteiger partial charge in [0.15, 0.2) is 0 Å². The van der Waals surface area contributed by atoms with Crippen molar-refractivity contribution >= 4 is 28.0 Å². The zero-order valence-electron chi connectivity index (χ0n) is 8.22. The molecule has 0 saturated heterocycles. The SMILES string of the molecule is C=Cn1cnc2cc3ccccc3cc21. The number of nitrogens with zero attached hydrogens (tertiary/aromatic N) is 2. The van der Waals surface area contributed by atoms with Crippen molar-refractivity contribution in [2.75, 3.05) is 0 Å². The Balaban J connectivity index is 2.50. The number of hydrogen-bond donors (Lipinski definition) is 0. The normalized spacial score (nSPS) is 10.9. The van der Waals surface area contributed by atoms with Crippen molar-refractivity contribution in [2.45, 2.75) is 0 Å². The average molecular weight is 194 g/mol. The number of fused-ring (bicyclic) bond motifs is 2. The largest absolute Gasteiger partial charge is 0.306 e. The summed E-state index contributed by atoms with van der Waals surface area (Å²) in [7, 11) is 0. The lowest BCUT2D eigenvalue weighted by Crippen LogP contribution is -1.81. The Labute approximate surface area is 87.5 Å². The Hall–Kier alpha value is -2.09. The van der Waals surface area contributed by atoms with Gasteiger partial charge in [0, 0.05) is 6.20 Å². The average Bonchev–Trinajstić information content (AvgIpc) is 2.68. The van der Waals surface area contributed by atoms with Crippen molar-refractivity contribution in [3.8, 4) is 0 Å². The van der Waals surface area contributed by atoms with Crippen LogP contribution in [0.25, 0.3) is 28.0 Å². The van der Waals surface area contributed by atoms with Crippen LogP contribution in [0.5, 0.6) is 0 Å². The van der Waals surface area contributed by atoms with Gasteiger partial charge in [-0.2, -0.15) is 0 Å². The Morgan fingerprint density at radius 2 is 1.87 bits per heavy atom. The van der Waals surface area contributed by atoms with Gasteiger partial charge in [-0.15, -0.1) is 0 Å². The lowest BCUT2D eigenvalue weighted by molar-refractivity contribution is 1.18. The molecule has 2 nitrogen and oxygen atoms in total. The summed E-state index contributed by atoms with van der Waals surface area (Å²) in [6, 6.07) is 12.5. The van der Waals surface area contributed by atoms with Gasteiger partial charge in [-0.1, -0.05) is 30.8 Å². The number of imidazole rings is 1. The molecule has 15 heavy (non-hydrogen) atoms. The minimum Gasteiger partial charge on any atom is -0.306 e. The molecule has 3 aromatic rings. The quantitative estimate of drug-likeness (QED) is 0.581. The predicted octanol–water partition coefficient (Wildman–Crippen LogP) is 3.29. The number of benzene rings is 2. The summed E-state index contributed by atoms with van der Waals surface area (Å²) >= 11 is 0. The Bertz CT molecular complexity index is 650. The van der Waals surface area contributed by atoms with Crippen LogP contribution in [0.1, 0.15) is 0 Å². The van der Waals surface area contributed by atoms with Crippen molar-refractivity contribution in [2.24, 2.45) is 0 Å². The summed E-state index contributed by atoms with van der Waals surface area (Å²) < 4.78 is 1.93. The van der Waals surface area contributed by atoms with Crippen LogP contribution in [0, 0.1) is 0 Å². The van der Waals surface area contributed by atoms with Gasteiger partial charge in [0.2, 0.25) is 0 Å². The van der Waals surface area contributed by atoms with Crippen LogP contribution in [0.15, 0.2) is 49.3 Å². The summed E-state index contributed by atoms with van der Waals surface area (Å²) in [6.45, 7) is 3.76. The van der Waals surface area contributed by atoms with E-state index >= 15 is 0 Å². The van der Waals surface area contributed by atoms with Gasteiger partial charge >= 0.3 is 0 Å². The molecular formula is C13H10N2. The first-order chi connectivity index (χ1) is 7.38. The fourth-order valence-electron chi connectivity index (χ4n) is 1.86. The van der Waals surface area contributed by atoms with Gasteiger partial charge in [-0.05, 0) is 22.9 Å². The highest BCUT2D eigenvalue weighted by atomic mass is 15.0. The monoisotopic (exact) mass is 194 g/mol. The van der Waals surface area contributed by atoms with Crippen molar-refractivity contribution in [1.29, 1.82) is 0 Å². The van der Waals surface area contributed by atoms with Crippen LogP contribution < -0.4 is 0 Å². The maximum Gasteiger partial charge on any atom is 0.0999 e. The maximum absolute atomic E-state index is 4.33. The van der Waals surface area contributed by atoms with Crippen molar-refractivity contribution in [1.82, 2.24) is 9.55 Å². The van der Waals surface area contributed by atoms with E-state index in [1.54, 1.807) is 12.5 Å². The van der Waals surface area contributed by atoms with Crippen molar-refractivity contribution < 1.29 is 0 Å². The molecule has 0 radical (unpaired) electrons. The van der Waals surface area contributed by atoms with E-state index in [9.17, 15) is 0 Å². The molecule has 72 valence electrons. The van der Waals surface area contributed by atoms with Gasteiger partial charge in [-0.3, -0.25) is 0 Å². The van der Waals surface area contributed by atoms with Gasteiger partial charge in [0.1, 0.15) is 0 Å². The molecule has 0 bridgehead atoms. The molecule has 2 heteroatoms. The summed E-state index contributed by atoms with van der Waals surface area (Å²) in [5.41, 5.74) is 2.11. The zero-order chi connectivity index (χ0) is 10.3. The van der Waals surface area contributed by atoms with E-state index in [2.05, 4.69) is 35.8 Å². The van der Waals surface area contributed by atoms with Crippen molar-refractivity contribution in [3.05, 3.63) is 49.3 Å². The highest BCUT2D eigenvalue weighted by molar-refractivity contribution is 5.95. The van der Waals surface area contributed by atoms with Gasteiger partial charge in [0.05, 0.1) is 17.4 Å². The molecule has 2 aromatic carbocycles. The topological polar surface area (TPSA) is 17.8 Å². The van der Waals surface area contributed by atoms with Gasteiger partial charge in [0.25, 0.3) is 0 Å². The minimum absolute atomic E-state index is 1.01. The molecule has 0 aliphatic carbocycles. The Morgan fingerprint density at radius 1 is 1.13 bits per heavy atom. The lowest BCUT2D eigenvalue weighted by Gasteiger charge is -1.99. The second-order valence-corrected chi connectivity index (χ2v) is 3.52. The second kappa shape index (κ2) is 2.95. The maximum atomic E-state index is 4.33. The van der Waals surface area contributed by atoms with E-state index in [1.807, 2.05) is 16.7 Å². The molecule has 0 saturated carbocycles.